The summed E-state index contributed by atoms with van der Waals surface area (Å²) in [6, 6.07) is 5.51. The number of nitrogens with one attached hydrogen (secondary N) is 1. The Morgan fingerprint density at radius 1 is 1.37 bits per heavy atom. The highest BCUT2D eigenvalue weighted by Gasteiger charge is 2.11. The zero-order valence-corrected chi connectivity index (χ0v) is 12.5. The molecule has 0 fully saturated rings. The number of halogens is 1. The number of ether oxygens (including phenoxy) is 1. The summed E-state index contributed by atoms with van der Waals surface area (Å²) in [4.78, 5) is 13.6. The molecule has 1 rings (SSSR count). The Morgan fingerprint density at radius 2 is 2.05 bits per heavy atom. The molecule has 106 valence electrons. The van der Waals surface area contributed by atoms with Crippen molar-refractivity contribution in [3.63, 3.8) is 0 Å². The molecule has 0 heterocycles. The predicted molar refractivity (Wildman–Crippen MR) is 77.6 cm³/mol. The van der Waals surface area contributed by atoms with Gasteiger partial charge in [-0.15, -0.1) is 0 Å². The van der Waals surface area contributed by atoms with E-state index in [2.05, 4.69) is 5.32 Å². The Kier molecular flexibility index (Phi) is 6.67. The van der Waals surface area contributed by atoms with Crippen LogP contribution in [0.2, 0.25) is 5.02 Å². The molecule has 1 N–H and O–H groups in total. The minimum absolute atomic E-state index is 0.0935. The highest BCUT2D eigenvalue weighted by Crippen LogP contribution is 2.25. The van der Waals surface area contributed by atoms with Gasteiger partial charge < -0.3 is 15.0 Å². The number of amides is 1. The summed E-state index contributed by atoms with van der Waals surface area (Å²) >= 11 is 6.13. The van der Waals surface area contributed by atoms with Gasteiger partial charge in [-0.1, -0.05) is 17.7 Å². The number of carbonyl (C=O) groups excluding carboxylic acids is 1. The summed E-state index contributed by atoms with van der Waals surface area (Å²) in [5.74, 6) is 0.825. The highest BCUT2D eigenvalue weighted by molar-refractivity contribution is 6.31. The van der Waals surface area contributed by atoms with Crippen molar-refractivity contribution in [3.05, 3.63) is 28.8 Å². The Labute approximate surface area is 119 Å². The SMILES string of the molecule is CCN(CC)C(=O)CNCc1c(Cl)cccc1OC. The fraction of sp³-hybridized carbons (Fsp3) is 0.500. The van der Waals surface area contributed by atoms with Gasteiger partial charge in [0.05, 0.1) is 13.7 Å². The monoisotopic (exact) mass is 284 g/mol. The summed E-state index contributed by atoms with van der Waals surface area (Å²) in [5.41, 5.74) is 0.874. The second-order valence-corrected chi connectivity index (χ2v) is 4.50. The van der Waals surface area contributed by atoms with Crippen LogP contribution in [-0.2, 0) is 11.3 Å². The molecule has 5 heteroatoms. The van der Waals surface area contributed by atoms with E-state index in [0.29, 0.717) is 18.1 Å². The molecule has 1 amide bonds. The maximum Gasteiger partial charge on any atom is 0.236 e. The van der Waals surface area contributed by atoms with Gasteiger partial charge in [0.1, 0.15) is 5.75 Å². The highest BCUT2D eigenvalue weighted by atomic mass is 35.5. The Morgan fingerprint density at radius 3 is 2.63 bits per heavy atom. The molecule has 0 aliphatic heterocycles. The Bertz CT molecular complexity index is 420. The van der Waals surface area contributed by atoms with Gasteiger partial charge in [-0.05, 0) is 26.0 Å². The minimum Gasteiger partial charge on any atom is -0.496 e. The second kappa shape index (κ2) is 8.02. The van der Waals surface area contributed by atoms with Gasteiger partial charge in [0, 0.05) is 30.2 Å². The van der Waals surface area contributed by atoms with Gasteiger partial charge in [0.25, 0.3) is 0 Å². The average molecular weight is 285 g/mol. The van der Waals surface area contributed by atoms with Crippen molar-refractivity contribution in [2.24, 2.45) is 0 Å². The van der Waals surface area contributed by atoms with E-state index >= 15 is 0 Å². The number of benzene rings is 1. The lowest BCUT2D eigenvalue weighted by Gasteiger charge is -2.19. The molecule has 0 spiro atoms. The van der Waals surface area contributed by atoms with Crippen LogP contribution < -0.4 is 10.1 Å². The van der Waals surface area contributed by atoms with Crippen LogP contribution in [-0.4, -0.2) is 37.6 Å². The van der Waals surface area contributed by atoms with E-state index in [1.54, 1.807) is 12.0 Å². The molecule has 0 aliphatic rings. The van der Waals surface area contributed by atoms with Crippen molar-refractivity contribution in [2.45, 2.75) is 20.4 Å². The van der Waals surface area contributed by atoms with Crippen molar-refractivity contribution in [2.75, 3.05) is 26.7 Å². The smallest absolute Gasteiger partial charge is 0.236 e. The Hall–Kier alpha value is -1.26. The molecule has 0 unspecified atom stereocenters. The van der Waals surface area contributed by atoms with Crippen molar-refractivity contribution in [1.82, 2.24) is 10.2 Å². The number of hydrogen-bond acceptors (Lipinski definition) is 3. The van der Waals surface area contributed by atoms with Crippen LogP contribution in [0.15, 0.2) is 18.2 Å². The van der Waals surface area contributed by atoms with Gasteiger partial charge in [0.15, 0.2) is 0 Å². The molecule has 19 heavy (non-hydrogen) atoms. The van der Waals surface area contributed by atoms with Gasteiger partial charge in [0.2, 0.25) is 5.91 Å². The van der Waals surface area contributed by atoms with Crippen LogP contribution in [0.1, 0.15) is 19.4 Å². The van der Waals surface area contributed by atoms with Crippen LogP contribution >= 0.6 is 11.6 Å². The lowest BCUT2D eigenvalue weighted by atomic mass is 10.2. The molecule has 0 radical (unpaired) electrons. The third kappa shape index (κ3) is 4.40. The molecule has 0 bridgehead atoms. The average Bonchev–Trinajstić information content (AvgIpc) is 2.41. The van der Waals surface area contributed by atoms with Crippen molar-refractivity contribution in [3.8, 4) is 5.75 Å². The third-order valence-corrected chi connectivity index (χ3v) is 3.34. The number of carbonyl (C=O) groups is 1. The second-order valence-electron chi connectivity index (χ2n) is 4.09. The zero-order valence-electron chi connectivity index (χ0n) is 11.7. The number of rotatable bonds is 7. The molecular weight excluding hydrogens is 264 g/mol. The number of nitrogens with zero attached hydrogens (tertiary/aromatic N) is 1. The van der Waals surface area contributed by atoms with E-state index in [1.165, 1.54) is 0 Å². The van der Waals surface area contributed by atoms with Crippen molar-refractivity contribution < 1.29 is 9.53 Å². The van der Waals surface area contributed by atoms with Gasteiger partial charge in [-0.3, -0.25) is 4.79 Å². The molecule has 0 aromatic heterocycles. The lowest BCUT2D eigenvalue weighted by molar-refractivity contribution is -0.129. The van der Waals surface area contributed by atoms with E-state index in [-0.39, 0.29) is 5.91 Å². The van der Waals surface area contributed by atoms with E-state index in [9.17, 15) is 4.79 Å². The van der Waals surface area contributed by atoms with Crippen molar-refractivity contribution >= 4 is 17.5 Å². The summed E-state index contributed by atoms with van der Waals surface area (Å²) in [7, 11) is 1.61. The van der Waals surface area contributed by atoms with Gasteiger partial charge >= 0.3 is 0 Å². The number of likely N-dealkylation sites (N-methyl/N-ethyl adjacent to an activating group) is 1. The minimum atomic E-state index is 0.0935. The van der Waals surface area contributed by atoms with Crippen LogP contribution in [0.4, 0.5) is 0 Å². The van der Waals surface area contributed by atoms with E-state index in [4.69, 9.17) is 16.3 Å². The fourth-order valence-corrected chi connectivity index (χ4v) is 2.12. The first-order valence-electron chi connectivity index (χ1n) is 6.43. The molecule has 0 saturated heterocycles. The quantitative estimate of drug-likeness (QED) is 0.835. The first-order chi connectivity index (χ1) is 9.13. The zero-order chi connectivity index (χ0) is 14.3. The molecule has 0 aliphatic carbocycles. The van der Waals surface area contributed by atoms with Gasteiger partial charge in [-0.25, -0.2) is 0 Å². The van der Waals surface area contributed by atoms with Crippen LogP contribution in [0, 0.1) is 0 Å². The molecule has 4 nitrogen and oxygen atoms in total. The topological polar surface area (TPSA) is 41.6 Å². The van der Waals surface area contributed by atoms with Crippen LogP contribution in [0.25, 0.3) is 0 Å². The van der Waals surface area contributed by atoms with E-state index in [0.717, 1.165) is 24.4 Å². The number of hydrogen-bond donors (Lipinski definition) is 1. The normalized spacial score (nSPS) is 10.3. The summed E-state index contributed by atoms with van der Waals surface area (Å²) < 4.78 is 5.25. The summed E-state index contributed by atoms with van der Waals surface area (Å²) in [6.45, 7) is 6.21. The molecule has 1 aromatic rings. The Balaban J connectivity index is 2.56. The van der Waals surface area contributed by atoms with Crippen LogP contribution in [0.5, 0.6) is 5.75 Å². The summed E-state index contributed by atoms with van der Waals surface area (Å²) in [5, 5.41) is 3.75. The predicted octanol–water partition coefficient (Wildman–Crippen LogP) is 2.31. The van der Waals surface area contributed by atoms with E-state index in [1.807, 2.05) is 32.0 Å². The fourth-order valence-electron chi connectivity index (χ4n) is 1.88. The third-order valence-electron chi connectivity index (χ3n) is 2.99. The maximum atomic E-state index is 11.8. The lowest BCUT2D eigenvalue weighted by Crippen LogP contribution is -2.37. The van der Waals surface area contributed by atoms with E-state index < -0.39 is 0 Å². The number of methoxy groups -OCH3 is 1. The van der Waals surface area contributed by atoms with Gasteiger partial charge in [-0.2, -0.15) is 0 Å². The van der Waals surface area contributed by atoms with Crippen molar-refractivity contribution in [1.29, 1.82) is 0 Å². The molecule has 0 atom stereocenters. The first-order valence-corrected chi connectivity index (χ1v) is 6.81. The maximum absolute atomic E-state index is 11.8. The summed E-state index contributed by atoms with van der Waals surface area (Å²) in [6.07, 6.45) is 0. The molecule has 0 saturated carbocycles. The molecular formula is C14H21ClN2O2. The first kappa shape index (κ1) is 15.8. The largest absolute Gasteiger partial charge is 0.496 e. The molecule has 1 aromatic carbocycles. The standard InChI is InChI=1S/C14H21ClN2O2/c1-4-17(5-2)14(18)10-16-9-11-12(15)7-6-8-13(11)19-3/h6-8,16H,4-5,9-10H2,1-3H3. The van der Waals surface area contributed by atoms with Crippen LogP contribution in [0.3, 0.4) is 0 Å².